The van der Waals surface area contributed by atoms with E-state index in [0.717, 1.165) is 17.6 Å². The van der Waals surface area contributed by atoms with Crippen LogP contribution in [-0.2, 0) is 6.54 Å². The standard InChI is InChI=1S/C16H25BrN2/c1-16(2)9-8-13(15(16)18)11-19(3)10-12-4-6-14(17)7-5-12/h4-7,13,15H,8-11,18H2,1-3H3. The van der Waals surface area contributed by atoms with Crippen LogP contribution in [0.25, 0.3) is 0 Å². The number of halogens is 1. The van der Waals surface area contributed by atoms with Crippen LogP contribution in [0.3, 0.4) is 0 Å². The van der Waals surface area contributed by atoms with Crippen molar-refractivity contribution in [3.8, 4) is 0 Å². The third-order valence-electron chi connectivity index (χ3n) is 4.48. The molecule has 2 nitrogen and oxygen atoms in total. The van der Waals surface area contributed by atoms with Gasteiger partial charge in [-0.2, -0.15) is 0 Å². The van der Waals surface area contributed by atoms with Gasteiger partial charge < -0.3 is 10.6 Å². The highest BCUT2D eigenvalue weighted by atomic mass is 79.9. The number of benzene rings is 1. The Bertz CT molecular complexity index is 413. The summed E-state index contributed by atoms with van der Waals surface area (Å²) in [5, 5.41) is 0. The molecule has 1 saturated carbocycles. The molecule has 3 heteroatoms. The third kappa shape index (κ3) is 3.80. The topological polar surface area (TPSA) is 29.3 Å². The van der Waals surface area contributed by atoms with Gasteiger partial charge in [-0.3, -0.25) is 0 Å². The molecular formula is C16H25BrN2. The van der Waals surface area contributed by atoms with Crippen molar-refractivity contribution in [1.29, 1.82) is 0 Å². The Morgan fingerprint density at radius 2 is 1.95 bits per heavy atom. The quantitative estimate of drug-likeness (QED) is 0.916. The zero-order valence-corrected chi connectivity index (χ0v) is 13.8. The Balaban J connectivity index is 1.88. The van der Waals surface area contributed by atoms with Crippen molar-refractivity contribution < 1.29 is 0 Å². The predicted molar refractivity (Wildman–Crippen MR) is 85.0 cm³/mol. The summed E-state index contributed by atoms with van der Waals surface area (Å²) in [5.41, 5.74) is 8.05. The van der Waals surface area contributed by atoms with E-state index >= 15 is 0 Å². The molecule has 0 aliphatic heterocycles. The van der Waals surface area contributed by atoms with E-state index in [4.69, 9.17) is 5.73 Å². The van der Waals surface area contributed by atoms with Crippen molar-refractivity contribution in [2.24, 2.45) is 17.1 Å². The van der Waals surface area contributed by atoms with E-state index in [-0.39, 0.29) is 0 Å². The second kappa shape index (κ2) is 5.94. The molecule has 1 aliphatic carbocycles. The summed E-state index contributed by atoms with van der Waals surface area (Å²) in [5.74, 6) is 0.635. The summed E-state index contributed by atoms with van der Waals surface area (Å²) in [6, 6.07) is 8.90. The van der Waals surface area contributed by atoms with Crippen molar-refractivity contribution in [3.63, 3.8) is 0 Å². The van der Waals surface area contributed by atoms with Crippen LogP contribution in [0.5, 0.6) is 0 Å². The maximum atomic E-state index is 6.39. The molecule has 0 bridgehead atoms. The van der Waals surface area contributed by atoms with Gasteiger partial charge in [0.1, 0.15) is 0 Å². The fourth-order valence-corrected chi connectivity index (χ4v) is 3.38. The first-order valence-electron chi connectivity index (χ1n) is 7.07. The normalized spacial score (nSPS) is 26.0. The van der Waals surface area contributed by atoms with Gasteiger partial charge in [0.25, 0.3) is 0 Å². The Morgan fingerprint density at radius 3 is 2.47 bits per heavy atom. The highest BCUT2D eigenvalue weighted by molar-refractivity contribution is 9.10. The van der Waals surface area contributed by atoms with Gasteiger partial charge in [0.2, 0.25) is 0 Å². The van der Waals surface area contributed by atoms with Gasteiger partial charge in [0.05, 0.1) is 0 Å². The summed E-state index contributed by atoms with van der Waals surface area (Å²) >= 11 is 3.47. The van der Waals surface area contributed by atoms with Gasteiger partial charge in [-0.1, -0.05) is 41.9 Å². The lowest BCUT2D eigenvalue weighted by Crippen LogP contribution is -2.41. The second-order valence-electron chi connectivity index (χ2n) is 6.64. The van der Waals surface area contributed by atoms with Crippen molar-refractivity contribution >= 4 is 15.9 Å². The van der Waals surface area contributed by atoms with Crippen LogP contribution in [0.2, 0.25) is 0 Å². The van der Waals surface area contributed by atoms with Crippen LogP contribution in [0.1, 0.15) is 32.3 Å². The molecule has 0 amide bonds. The first-order valence-corrected chi connectivity index (χ1v) is 7.86. The lowest BCUT2D eigenvalue weighted by molar-refractivity contribution is 0.229. The summed E-state index contributed by atoms with van der Waals surface area (Å²) in [4.78, 5) is 2.40. The summed E-state index contributed by atoms with van der Waals surface area (Å²) in [6.07, 6.45) is 2.52. The smallest absolute Gasteiger partial charge is 0.0230 e. The van der Waals surface area contributed by atoms with Crippen molar-refractivity contribution in [2.45, 2.75) is 39.3 Å². The Morgan fingerprint density at radius 1 is 1.32 bits per heavy atom. The van der Waals surface area contributed by atoms with E-state index < -0.39 is 0 Å². The lowest BCUT2D eigenvalue weighted by atomic mass is 9.85. The highest BCUT2D eigenvalue weighted by Gasteiger charge is 2.39. The first kappa shape index (κ1) is 15.0. The Labute approximate surface area is 125 Å². The maximum absolute atomic E-state index is 6.39. The summed E-state index contributed by atoms with van der Waals surface area (Å²) < 4.78 is 1.14. The van der Waals surface area contributed by atoms with E-state index in [1.54, 1.807) is 0 Å². The minimum atomic E-state index is 0.309. The molecule has 19 heavy (non-hydrogen) atoms. The first-order chi connectivity index (χ1) is 8.88. The SMILES string of the molecule is CN(Cc1ccc(Br)cc1)CC1CCC(C)(C)C1N. The number of nitrogens with zero attached hydrogens (tertiary/aromatic N) is 1. The zero-order valence-electron chi connectivity index (χ0n) is 12.2. The Kier molecular flexibility index (Phi) is 4.70. The lowest BCUT2D eigenvalue weighted by Gasteiger charge is -2.29. The van der Waals surface area contributed by atoms with Crippen LogP contribution < -0.4 is 5.73 Å². The molecule has 1 aromatic rings. The zero-order chi connectivity index (χ0) is 14.0. The molecule has 0 aromatic heterocycles. The number of hydrogen-bond donors (Lipinski definition) is 1. The van der Waals surface area contributed by atoms with Gasteiger partial charge in [0, 0.05) is 23.6 Å². The van der Waals surface area contributed by atoms with Crippen LogP contribution >= 0.6 is 15.9 Å². The minimum Gasteiger partial charge on any atom is -0.327 e. The molecule has 1 aliphatic rings. The summed E-state index contributed by atoms with van der Waals surface area (Å²) in [6.45, 7) is 6.69. The fourth-order valence-electron chi connectivity index (χ4n) is 3.11. The molecule has 0 heterocycles. The molecule has 2 rings (SSSR count). The second-order valence-corrected chi connectivity index (χ2v) is 7.55. The average Bonchev–Trinajstić information content (AvgIpc) is 2.59. The summed E-state index contributed by atoms with van der Waals surface area (Å²) in [7, 11) is 2.19. The largest absolute Gasteiger partial charge is 0.327 e. The third-order valence-corrected chi connectivity index (χ3v) is 5.01. The van der Waals surface area contributed by atoms with E-state index in [9.17, 15) is 0 Å². The number of rotatable bonds is 4. The molecule has 0 saturated heterocycles. The molecule has 2 atom stereocenters. The highest BCUT2D eigenvalue weighted by Crippen LogP contribution is 2.40. The molecule has 0 spiro atoms. The molecule has 0 radical (unpaired) electrons. The van der Waals surface area contributed by atoms with E-state index in [0.29, 0.717) is 17.4 Å². The van der Waals surface area contributed by atoms with Crippen molar-refractivity contribution in [3.05, 3.63) is 34.3 Å². The molecule has 106 valence electrons. The molecular weight excluding hydrogens is 300 g/mol. The maximum Gasteiger partial charge on any atom is 0.0230 e. The molecule has 1 fully saturated rings. The van der Waals surface area contributed by atoms with Crippen LogP contribution in [0.15, 0.2) is 28.7 Å². The van der Waals surface area contributed by atoms with Gasteiger partial charge >= 0.3 is 0 Å². The van der Waals surface area contributed by atoms with Gasteiger partial charge in [-0.05, 0) is 48.9 Å². The average molecular weight is 325 g/mol. The fraction of sp³-hybridized carbons (Fsp3) is 0.625. The van der Waals surface area contributed by atoms with E-state index in [2.05, 4.69) is 66.0 Å². The van der Waals surface area contributed by atoms with Gasteiger partial charge in [0.15, 0.2) is 0 Å². The van der Waals surface area contributed by atoms with Crippen molar-refractivity contribution in [2.75, 3.05) is 13.6 Å². The van der Waals surface area contributed by atoms with Gasteiger partial charge in [-0.15, -0.1) is 0 Å². The molecule has 2 N–H and O–H groups in total. The predicted octanol–water partition coefficient (Wildman–Crippen LogP) is 3.64. The van der Waals surface area contributed by atoms with Crippen LogP contribution in [-0.4, -0.2) is 24.5 Å². The van der Waals surface area contributed by atoms with Crippen LogP contribution in [0, 0.1) is 11.3 Å². The monoisotopic (exact) mass is 324 g/mol. The van der Waals surface area contributed by atoms with Crippen molar-refractivity contribution in [1.82, 2.24) is 4.90 Å². The van der Waals surface area contributed by atoms with E-state index in [1.165, 1.54) is 18.4 Å². The number of nitrogens with two attached hydrogens (primary N) is 1. The van der Waals surface area contributed by atoms with Crippen LogP contribution in [0.4, 0.5) is 0 Å². The minimum absolute atomic E-state index is 0.309. The van der Waals surface area contributed by atoms with Gasteiger partial charge in [-0.25, -0.2) is 0 Å². The number of hydrogen-bond acceptors (Lipinski definition) is 2. The van der Waals surface area contributed by atoms with E-state index in [1.807, 2.05) is 0 Å². The molecule has 1 aromatic carbocycles. The molecule has 2 unspecified atom stereocenters. The Hall–Kier alpha value is -0.380.